The van der Waals surface area contributed by atoms with Crippen LogP contribution >= 0.6 is 11.3 Å². The third kappa shape index (κ3) is 3.64. The number of carbonyl (C=O) groups is 1. The minimum atomic E-state index is -0.910. The van der Waals surface area contributed by atoms with E-state index in [9.17, 15) is 4.79 Å². The molecule has 0 fully saturated rings. The van der Waals surface area contributed by atoms with Crippen molar-refractivity contribution in [3.05, 3.63) is 40.2 Å². The highest BCUT2D eigenvalue weighted by Gasteiger charge is 2.15. The van der Waals surface area contributed by atoms with E-state index >= 15 is 0 Å². The molecule has 1 aromatic heterocycles. The van der Waals surface area contributed by atoms with E-state index in [-0.39, 0.29) is 5.41 Å². The van der Waals surface area contributed by atoms with Crippen LogP contribution in [-0.4, -0.2) is 16.1 Å². The zero-order chi connectivity index (χ0) is 14.0. The zero-order valence-corrected chi connectivity index (χ0v) is 12.1. The summed E-state index contributed by atoms with van der Waals surface area (Å²) in [5, 5.41) is 12.1. The Kier molecular flexibility index (Phi) is 3.71. The van der Waals surface area contributed by atoms with Crippen LogP contribution in [0.1, 0.15) is 36.1 Å². The van der Waals surface area contributed by atoms with Crippen molar-refractivity contribution in [3.8, 4) is 11.3 Å². The van der Waals surface area contributed by atoms with E-state index in [0.29, 0.717) is 5.56 Å². The SMILES string of the molecule is CC(C)(C)Cc1nc(-c2cccc(C(=O)O)c2)cs1. The molecule has 1 aromatic carbocycles. The third-order valence-corrected chi connectivity index (χ3v) is 3.49. The Balaban J connectivity index is 2.28. The largest absolute Gasteiger partial charge is 0.478 e. The van der Waals surface area contributed by atoms with Crippen molar-refractivity contribution >= 4 is 17.3 Å². The minimum absolute atomic E-state index is 0.206. The number of hydrogen-bond donors (Lipinski definition) is 1. The first kappa shape index (κ1) is 13.7. The second-order valence-corrected chi connectivity index (χ2v) is 6.69. The highest BCUT2D eigenvalue weighted by atomic mass is 32.1. The number of benzene rings is 1. The molecule has 0 atom stereocenters. The van der Waals surface area contributed by atoms with E-state index in [1.807, 2.05) is 11.4 Å². The standard InChI is InChI=1S/C15H17NO2S/c1-15(2,3)8-13-16-12(9-19-13)10-5-4-6-11(7-10)14(17)18/h4-7,9H,8H2,1-3H3,(H,17,18). The number of nitrogens with zero attached hydrogens (tertiary/aromatic N) is 1. The van der Waals surface area contributed by atoms with Crippen molar-refractivity contribution in [2.45, 2.75) is 27.2 Å². The molecule has 0 saturated heterocycles. The molecule has 100 valence electrons. The normalized spacial score (nSPS) is 11.5. The Morgan fingerprint density at radius 3 is 2.74 bits per heavy atom. The predicted octanol–water partition coefficient (Wildman–Crippen LogP) is 4.10. The van der Waals surface area contributed by atoms with E-state index in [2.05, 4.69) is 25.8 Å². The number of hydrogen-bond acceptors (Lipinski definition) is 3. The molecule has 0 aliphatic heterocycles. The molecule has 0 unspecified atom stereocenters. The molecule has 19 heavy (non-hydrogen) atoms. The summed E-state index contributed by atoms with van der Waals surface area (Å²) in [6.07, 6.45) is 0.927. The lowest BCUT2D eigenvalue weighted by Crippen LogP contribution is -2.08. The van der Waals surface area contributed by atoms with Gasteiger partial charge in [0.05, 0.1) is 16.3 Å². The van der Waals surface area contributed by atoms with Crippen molar-refractivity contribution in [3.63, 3.8) is 0 Å². The number of rotatable bonds is 3. The van der Waals surface area contributed by atoms with Gasteiger partial charge in [-0.2, -0.15) is 0 Å². The average Bonchev–Trinajstić information content (AvgIpc) is 2.75. The van der Waals surface area contributed by atoms with Crippen molar-refractivity contribution in [1.82, 2.24) is 4.98 Å². The van der Waals surface area contributed by atoms with Crippen LogP contribution in [0.2, 0.25) is 0 Å². The quantitative estimate of drug-likeness (QED) is 0.917. The first-order valence-corrected chi connectivity index (χ1v) is 7.01. The van der Waals surface area contributed by atoms with Gasteiger partial charge in [-0.15, -0.1) is 11.3 Å². The second-order valence-electron chi connectivity index (χ2n) is 5.75. The van der Waals surface area contributed by atoms with E-state index in [1.165, 1.54) is 0 Å². The molecule has 0 aliphatic rings. The van der Waals surface area contributed by atoms with Gasteiger partial charge in [0.15, 0.2) is 0 Å². The summed E-state index contributed by atoms with van der Waals surface area (Å²) >= 11 is 1.63. The van der Waals surface area contributed by atoms with Gasteiger partial charge in [0.2, 0.25) is 0 Å². The fourth-order valence-electron chi connectivity index (χ4n) is 1.79. The lowest BCUT2D eigenvalue weighted by molar-refractivity contribution is 0.0697. The van der Waals surface area contributed by atoms with Crippen LogP contribution in [0, 0.1) is 5.41 Å². The summed E-state index contributed by atoms with van der Waals surface area (Å²) in [4.78, 5) is 15.6. The first-order valence-electron chi connectivity index (χ1n) is 6.13. The average molecular weight is 275 g/mol. The van der Waals surface area contributed by atoms with Crippen molar-refractivity contribution in [1.29, 1.82) is 0 Å². The minimum Gasteiger partial charge on any atom is -0.478 e. The Labute approximate surface area is 116 Å². The number of aromatic carboxylic acids is 1. The molecule has 0 saturated carbocycles. The number of carboxylic acid groups (broad SMARTS) is 1. The molecule has 2 rings (SSSR count). The fraction of sp³-hybridized carbons (Fsp3) is 0.333. The van der Waals surface area contributed by atoms with E-state index < -0.39 is 5.97 Å². The molecule has 1 heterocycles. The van der Waals surface area contributed by atoms with Crippen LogP contribution in [-0.2, 0) is 6.42 Å². The first-order chi connectivity index (χ1) is 8.85. The van der Waals surface area contributed by atoms with E-state index in [1.54, 1.807) is 29.5 Å². The molecular weight excluding hydrogens is 258 g/mol. The maximum absolute atomic E-state index is 11.0. The molecule has 2 aromatic rings. The Hall–Kier alpha value is -1.68. The molecular formula is C15H17NO2S. The Morgan fingerprint density at radius 1 is 1.37 bits per heavy atom. The Bertz CT molecular complexity index is 596. The maximum Gasteiger partial charge on any atom is 0.335 e. The highest BCUT2D eigenvalue weighted by Crippen LogP contribution is 2.27. The summed E-state index contributed by atoms with van der Waals surface area (Å²) in [6, 6.07) is 6.90. The van der Waals surface area contributed by atoms with Gasteiger partial charge in [-0.3, -0.25) is 0 Å². The molecule has 0 amide bonds. The van der Waals surface area contributed by atoms with Crippen LogP contribution in [0.25, 0.3) is 11.3 Å². The predicted molar refractivity (Wildman–Crippen MR) is 77.7 cm³/mol. The lowest BCUT2D eigenvalue weighted by atomic mass is 9.93. The molecule has 4 heteroatoms. The highest BCUT2D eigenvalue weighted by molar-refractivity contribution is 7.09. The molecule has 3 nitrogen and oxygen atoms in total. The molecule has 0 radical (unpaired) electrons. The van der Waals surface area contributed by atoms with Gasteiger partial charge in [-0.1, -0.05) is 32.9 Å². The maximum atomic E-state index is 11.0. The number of carboxylic acids is 1. The van der Waals surface area contributed by atoms with Gasteiger partial charge in [0.25, 0.3) is 0 Å². The van der Waals surface area contributed by atoms with Gasteiger partial charge in [-0.25, -0.2) is 9.78 Å². The van der Waals surface area contributed by atoms with E-state index in [0.717, 1.165) is 22.7 Å². The van der Waals surface area contributed by atoms with Crippen molar-refractivity contribution in [2.75, 3.05) is 0 Å². The number of thiazole rings is 1. The van der Waals surface area contributed by atoms with Crippen LogP contribution in [0.4, 0.5) is 0 Å². The van der Waals surface area contributed by atoms with Crippen LogP contribution in [0.3, 0.4) is 0 Å². The van der Waals surface area contributed by atoms with Gasteiger partial charge < -0.3 is 5.11 Å². The lowest BCUT2D eigenvalue weighted by Gasteiger charge is -2.15. The van der Waals surface area contributed by atoms with Crippen molar-refractivity contribution in [2.24, 2.45) is 5.41 Å². The zero-order valence-electron chi connectivity index (χ0n) is 11.3. The smallest absolute Gasteiger partial charge is 0.335 e. The van der Waals surface area contributed by atoms with Gasteiger partial charge >= 0.3 is 5.97 Å². The monoisotopic (exact) mass is 275 g/mol. The summed E-state index contributed by atoms with van der Waals surface area (Å²) in [5.41, 5.74) is 2.21. The molecule has 1 N–H and O–H groups in total. The van der Waals surface area contributed by atoms with Crippen LogP contribution in [0.15, 0.2) is 29.6 Å². The van der Waals surface area contributed by atoms with E-state index in [4.69, 9.17) is 5.11 Å². The molecule has 0 aliphatic carbocycles. The Morgan fingerprint density at radius 2 is 2.11 bits per heavy atom. The molecule has 0 spiro atoms. The number of aromatic nitrogens is 1. The summed E-state index contributed by atoms with van der Waals surface area (Å²) in [6.45, 7) is 6.54. The van der Waals surface area contributed by atoms with Gasteiger partial charge in [-0.05, 0) is 17.5 Å². The van der Waals surface area contributed by atoms with Crippen molar-refractivity contribution < 1.29 is 9.90 Å². The van der Waals surface area contributed by atoms with Crippen LogP contribution in [0.5, 0.6) is 0 Å². The third-order valence-electron chi connectivity index (χ3n) is 2.64. The van der Waals surface area contributed by atoms with Gasteiger partial charge in [0.1, 0.15) is 0 Å². The summed E-state index contributed by atoms with van der Waals surface area (Å²) < 4.78 is 0. The summed E-state index contributed by atoms with van der Waals surface area (Å²) in [5.74, 6) is -0.910. The summed E-state index contributed by atoms with van der Waals surface area (Å²) in [7, 11) is 0. The topological polar surface area (TPSA) is 50.2 Å². The second kappa shape index (κ2) is 5.13. The fourth-order valence-corrected chi connectivity index (χ4v) is 2.89. The molecule has 0 bridgehead atoms. The van der Waals surface area contributed by atoms with Crippen LogP contribution < -0.4 is 0 Å². The van der Waals surface area contributed by atoms with Gasteiger partial charge in [0, 0.05) is 17.4 Å².